The standard InChI is InChI=1S/C30H27NO5Si/c1-37(2)26-17-21(32)10-12-23(26)30(24-13-11-22(33)18-27(24)37)20-8-6-19(7-9-20)25(34)5-3-4-16-31-28(35)14-15-29(31)36/h6-15,17-18,32H,3-5,16H2,1-2H3. The molecule has 0 bridgehead atoms. The van der Waals surface area contributed by atoms with Crippen LogP contribution in [0.1, 0.15) is 40.7 Å². The number of ketones is 2. The largest absolute Gasteiger partial charge is 0.508 e. The maximum absolute atomic E-state index is 12.8. The zero-order valence-corrected chi connectivity index (χ0v) is 21.8. The van der Waals surface area contributed by atoms with Crippen LogP contribution in [0.2, 0.25) is 13.1 Å². The van der Waals surface area contributed by atoms with Gasteiger partial charge < -0.3 is 5.11 Å². The van der Waals surface area contributed by atoms with E-state index >= 15 is 0 Å². The normalized spacial score (nSPS) is 17.7. The van der Waals surface area contributed by atoms with Gasteiger partial charge >= 0.3 is 0 Å². The van der Waals surface area contributed by atoms with E-state index in [-0.39, 0.29) is 29.1 Å². The molecule has 0 spiro atoms. The highest BCUT2D eigenvalue weighted by molar-refractivity contribution is 6.98. The van der Waals surface area contributed by atoms with Gasteiger partial charge in [0.15, 0.2) is 11.6 Å². The lowest BCUT2D eigenvalue weighted by molar-refractivity contribution is -0.136. The summed E-state index contributed by atoms with van der Waals surface area (Å²) in [7, 11) is -2.22. The van der Waals surface area contributed by atoms with Gasteiger partial charge in [0.2, 0.25) is 0 Å². The average Bonchev–Trinajstić information content (AvgIpc) is 3.20. The van der Waals surface area contributed by atoms with Crippen LogP contribution in [0.3, 0.4) is 0 Å². The minimum atomic E-state index is -2.22. The quantitative estimate of drug-likeness (QED) is 0.264. The smallest absolute Gasteiger partial charge is 0.253 e. The highest BCUT2D eigenvalue weighted by atomic mass is 28.3. The van der Waals surface area contributed by atoms with Crippen LogP contribution < -0.4 is 5.19 Å². The number of imide groups is 1. The number of hydrogen-bond acceptors (Lipinski definition) is 5. The lowest BCUT2D eigenvalue weighted by Gasteiger charge is -2.37. The van der Waals surface area contributed by atoms with E-state index < -0.39 is 8.07 Å². The van der Waals surface area contributed by atoms with E-state index in [1.165, 1.54) is 17.1 Å². The number of nitrogens with zero attached hydrogens (tertiary/aromatic N) is 1. The average molecular weight is 510 g/mol. The second-order valence-electron chi connectivity index (χ2n) is 10.1. The molecular formula is C30H27NO5Si. The second kappa shape index (κ2) is 9.41. The van der Waals surface area contributed by atoms with Crippen molar-refractivity contribution in [3.63, 3.8) is 0 Å². The van der Waals surface area contributed by atoms with Gasteiger partial charge in [0.1, 0.15) is 13.8 Å². The molecule has 2 amide bonds. The molecule has 2 aliphatic heterocycles. The number of Topliss-reactive ketones (excluding diaryl/α,β-unsaturated/α-hetero) is 1. The summed E-state index contributed by atoms with van der Waals surface area (Å²) in [5.41, 5.74) is 4.59. The van der Waals surface area contributed by atoms with Crippen molar-refractivity contribution < 1.29 is 24.3 Å². The molecule has 0 saturated carbocycles. The lowest BCUT2D eigenvalue weighted by atomic mass is 9.89. The van der Waals surface area contributed by atoms with E-state index in [9.17, 15) is 24.3 Å². The van der Waals surface area contributed by atoms with Crippen molar-refractivity contribution in [1.29, 1.82) is 0 Å². The number of rotatable bonds is 7. The van der Waals surface area contributed by atoms with Gasteiger partial charge in [0.05, 0.1) is 0 Å². The van der Waals surface area contributed by atoms with Crippen molar-refractivity contribution in [1.82, 2.24) is 4.90 Å². The number of aromatic hydroxyl groups is 1. The maximum Gasteiger partial charge on any atom is 0.253 e. The summed E-state index contributed by atoms with van der Waals surface area (Å²) in [4.78, 5) is 49.5. The van der Waals surface area contributed by atoms with Crippen molar-refractivity contribution in [2.45, 2.75) is 32.4 Å². The number of fused-ring (bicyclic) bond motifs is 2. The van der Waals surface area contributed by atoms with Gasteiger partial charge in [-0.25, -0.2) is 0 Å². The summed E-state index contributed by atoms with van der Waals surface area (Å²) >= 11 is 0. The Morgan fingerprint density at radius 1 is 0.892 bits per heavy atom. The Morgan fingerprint density at radius 3 is 2.30 bits per heavy atom. The molecule has 0 atom stereocenters. The fraction of sp³-hybridized carbons (Fsp3) is 0.200. The number of phenolic OH excluding ortho intramolecular Hbond substituents is 1. The molecule has 7 heteroatoms. The fourth-order valence-corrected chi connectivity index (χ4v) is 8.37. The Kier molecular flexibility index (Phi) is 6.25. The number of unbranched alkanes of at least 4 members (excludes halogenated alkanes) is 1. The van der Waals surface area contributed by atoms with E-state index in [1.54, 1.807) is 18.2 Å². The summed E-state index contributed by atoms with van der Waals surface area (Å²) in [6.45, 7) is 4.69. The van der Waals surface area contributed by atoms with E-state index in [2.05, 4.69) is 13.1 Å². The van der Waals surface area contributed by atoms with E-state index in [1.807, 2.05) is 42.5 Å². The first-order chi connectivity index (χ1) is 17.7. The number of carbonyl (C=O) groups excluding carboxylic acids is 4. The predicted molar refractivity (Wildman–Crippen MR) is 144 cm³/mol. The SMILES string of the molecule is C[Si]1(C)C2=CC(=O)C=CC2=C(c2ccc(C(=O)CCCCN3C(=O)C=CC3=O)cc2)c2ccc(O)cc21. The Balaban J connectivity index is 1.37. The van der Waals surface area contributed by atoms with Gasteiger partial charge in [-0.1, -0.05) is 49.5 Å². The summed E-state index contributed by atoms with van der Waals surface area (Å²) in [6, 6.07) is 12.9. The highest BCUT2D eigenvalue weighted by Crippen LogP contribution is 2.41. The maximum atomic E-state index is 12.8. The molecule has 37 heavy (non-hydrogen) atoms. The van der Waals surface area contributed by atoms with Crippen molar-refractivity contribution in [2.75, 3.05) is 6.54 Å². The zero-order chi connectivity index (χ0) is 26.3. The van der Waals surface area contributed by atoms with Crippen LogP contribution in [0.4, 0.5) is 0 Å². The Hall–Kier alpha value is -4.10. The van der Waals surface area contributed by atoms with Crippen molar-refractivity contribution in [3.05, 3.63) is 100 Å². The van der Waals surface area contributed by atoms with E-state index in [4.69, 9.17) is 0 Å². The molecule has 0 aromatic heterocycles. The van der Waals surface area contributed by atoms with Crippen molar-refractivity contribution >= 4 is 42.2 Å². The molecule has 0 saturated heterocycles. The third-order valence-corrected chi connectivity index (χ3v) is 10.8. The Bertz CT molecular complexity index is 1460. The molecular weight excluding hydrogens is 482 g/mol. The number of allylic oxidation sites excluding steroid dienone is 5. The minimum absolute atomic E-state index is 0.00709. The first-order valence-corrected chi connectivity index (χ1v) is 15.4. The van der Waals surface area contributed by atoms with Gasteiger partial charge in [-0.2, -0.15) is 0 Å². The predicted octanol–water partition coefficient (Wildman–Crippen LogP) is 4.01. The Labute approximate surface area is 216 Å². The van der Waals surface area contributed by atoms with Crippen LogP contribution in [-0.4, -0.2) is 48.0 Å². The van der Waals surface area contributed by atoms with Crippen LogP contribution >= 0.6 is 0 Å². The molecule has 186 valence electrons. The summed E-state index contributed by atoms with van der Waals surface area (Å²) in [6.07, 6.45) is 9.22. The summed E-state index contributed by atoms with van der Waals surface area (Å²) in [5, 5.41) is 12.3. The molecule has 2 aromatic rings. The molecule has 6 nitrogen and oxygen atoms in total. The second-order valence-corrected chi connectivity index (χ2v) is 14.4. The zero-order valence-electron chi connectivity index (χ0n) is 20.8. The van der Waals surface area contributed by atoms with Crippen LogP contribution in [0.15, 0.2) is 83.6 Å². The number of benzene rings is 2. The van der Waals surface area contributed by atoms with Crippen LogP contribution in [0.5, 0.6) is 5.75 Å². The Morgan fingerprint density at radius 2 is 1.59 bits per heavy atom. The van der Waals surface area contributed by atoms with Crippen molar-refractivity contribution in [3.8, 4) is 5.75 Å². The van der Waals surface area contributed by atoms with Crippen LogP contribution in [-0.2, 0) is 14.4 Å². The molecule has 1 N–H and O–H groups in total. The van der Waals surface area contributed by atoms with Crippen LogP contribution in [0, 0.1) is 0 Å². The van der Waals surface area contributed by atoms with Gasteiger partial charge in [0, 0.05) is 30.7 Å². The fourth-order valence-electron chi connectivity index (χ4n) is 5.30. The molecule has 3 aliphatic rings. The molecule has 0 unspecified atom stereocenters. The number of hydrogen-bond donors (Lipinski definition) is 1. The van der Waals surface area contributed by atoms with E-state index in [0.29, 0.717) is 31.4 Å². The van der Waals surface area contributed by atoms with Gasteiger partial charge in [-0.3, -0.25) is 24.1 Å². The molecule has 1 aliphatic carbocycles. The minimum Gasteiger partial charge on any atom is -0.508 e. The first kappa shape index (κ1) is 24.6. The van der Waals surface area contributed by atoms with Gasteiger partial charge in [-0.05, 0) is 69.8 Å². The molecule has 2 heterocycles. The summed E-state index contributed by atoms with van der Waals surface area (Å²) < 4.78 is 0. The number of amides is 2. The van der Waals surface area contributed by atoms with Gasteiger partial charge in [0.25, 0.3) is 11.8 Å². The number of phenols is 1. The third-order valence-electron chi connectivity index (χ3n) is 7.31. The monoisotopic (exact) mass is 509 g/mol. The lowest BCUT2D eigenvalue weighted by Crippen LogP contribution is -2.49. The third kappa shape index (κ3) is 4.47. The highest BCUT2D eigenvalue weighted by Gasteiger charge is 2.39. The molecule has 0 radical (unpaired) electrons. The summed E-state index contributed by atoms with van der Waals surface area (Å²) in [5.74, 6) is -0.423. The molecule has 2 aromatic carbocycles. The first-order valence-electron chi connectivity index (χ1n) is 12.4. The topological polar surface area (TPSA) is 91.8 Å². The number of carbonyl (C=O) groups is 4. The van der Waals surface area contributed by atoms with Crippen LogP contribution in [0.25, 0.3) is 5.57 Å². The van der Waals surface area contributed by atoms with Crippen molar-refractivity contribution in [2.24, 2.45) is 0 Å². The van der Waals surface area contributed by atoms with E-state index in [0.717, 1.165) is 32.7 Å². The molecule has 5 rings (SSSR count). The molecule has 0 fully saturated rings. The van der Waals surface area contributed by atoms with Gasteiger partial charge in [-0.15, -0.1) is 0 Å².